The molecule has 25 heavy (non-hydrogen) atoms. The van der Waals surface area contributed by atoms with Crippen molar-refractivity contribution in [3.05, 3.63) is 59.7 Å². The van der Waals surface area contributed by atoms with Crippen molar-refractivity contribution < 1.29 is 13.2 Å². The van der Waals surface area contributed by atoms with Crippen LogP contribution in [0.5, 0.6) is 0 Å². The fraction of sp³-hybridized carbons (Fsp3) is 0.278. The lowest BCUT2D eigenvalue weighted by Crippen LogP contribution is -2.36. The molecule has 0 saturated carbocycles. The largest absolute Gasteiger partial charge is 0.348 e. The molecule has 0 spiro atoms. The third kappa shape index (κ3) is 4.18. The molecule has 1 aliphatic heterocycles. The van der Waals surface area contributed by atoms with Gasteiger partial charge < -0.3 is 10.6 Å². The third-order valence-corrected chi connectivity index (χ3v) is 5.52. The van der Waals surface area contributed by atoms with Gasteiger partial charge in [0.15, 0.2) is 0 Å². The standard InChI is InChI=1S/C18H21N3O3S/c1-13-6-8-15(9-7-13)25(23,24)21-17-5-3-2-4-16(17)18(22)20-14-10-11-19-12-14/h2-9,14,19,21H,10-12H2,1H3,(H,20,22). The molecule has 2 aromatic carbocycles. The molecule has 0 aliphatic carbocycles. The zero-order valence-electron chi connectivity index (χ0n) is 14.0. The lowest BCUT2D eigenvalue weighted by atomic mass is 10.1. The van der Waals surface area contributed by atoms with Crippen molar-refractivity contribution in [3.63, 3.8) is 0 Å². The molecule has 1 heterocycles. The molecular formula is C18H21N3O3S. The quantitative estimate of drug-likeness (QED) is 0.761. The highest BCUT2D eigenvalue weighted by molar-refractivity contribution is 7.92. The summed E-state index contributed by atoms with van der Waals surface area (Å²) >= 11 is 0. The fourth-order valence-corrected chi connectivity index (χ4v) is 3.81. The van der Waals surface area contributed by atoms with E-state index in [0.717, 1.165) is 25.1 Å². The van der Waals surface area contributed by atoms with Crippen LogP contribution in [0.1, 0.15) is 22.3 Å². The average Bonchev–Trinajstić information content (AvgIpc) is 3.08. The number of sulfonamides is 1. The van der Waals surface area contributed by atoms with Gasteiger partial charge in [-0.05, 0) is 44.2 Å². The minimum absolute atomic E-state index is 0.0641. The lowest BCUT2D eigenvalue weighted by Gasteiger charge is -2.15. The highest BCUT2D eigenvalue weighted by Gasteiger charge is 2.21. The van der Waals surface area contributed by atoms with Crippen molar-refractivity contribution in [3.8, 4) is 0 Å². The highest BCUT2D eigenvalue weighted by atomic mass is 32.2. The first-order valence-electron chi connectivity index (χ1n) is 8.16. The Labute approximate surface area is 147 Å². The molecule has 3 rings (SSSR count). The summed E-state index contributed by atoms with van der Waals surface area (Å²) in [6.07, 6.45) is 0.864. The second-order valence-electron chi connectivity index (χ2n) is 6.13. The summed E-state index contributed by atoms with van der Waals surface area (Å²) in [7, 11) is -3.76. The van der Waals surface area contributed by atoms with Crippen LogP contribution in [0.3, 0.4) is 0 Å². The molecule has 1 fully saturated rings. The molecular weight excluding hydrogens is 338 g/mol. The van der Waals surface area contributed by atoms with Crippen LogP contribution >= 0.6 is 0 Å². The molecule has 6 nitrogen and oxygen atoms in total. The predicted molar refractivity (Wildman–Crippen MR) is 97.2 cm³/mol. The van der Waals surface area contributed by atoms with Gasteiger partial charge in [-0.2, -0.15) is 0 Å². The van der Waals surface area contributed by atoms with E-state index in [1.165, 1.54) is 0 Å². The summed E-state index contributed by atoms with van der Waals surface area (Å²) in [5.74, 6) is -0.282. The van der Waals surface area contributed by atoms with Crippen LogP contribution in [0.25, 0.3) is 0 Å². The Morgan fingerprint density at radius 2 is 1.84 bits per heavy atom. The maximum absolute atomic E-state index is 12.6. The van der Waals surface area contributed by atoms with Gasteiger partial charge in [0.1, 0.15) is 0 Å². The van der Waals surface area contributed by atoms with Gasteiger partial charge in [-0.25, -0.2) is 8.42 Å². The van der Waals surface area contributed by atoms with Crippen LogP contribution in [0.15, 0.2) is 53.4 Å². The Hall–Kier alpha value is -2.38. The van der Waals surface area contributed by atoms with Crippen molar-refractivity contribution in [1.29, 1.82) is 0 Å². The summed E-state index contributed by atoms with van der Waals surface area (Å²) in [6, 6.07) is 13.2. The molecule has 1 saturated heterocycles. The molecule has 1 amide bonds. The number of carbonyl (C=O) groups is 1. The fourth-order valence-electron chi connectivity index (χ4n) is 2.73. The smallest absolute Gasteiger partial charge is 0.261 e. The zero-order chi connectivity index (χ0) is 17.9. The van der Waals surface area contributed by atoms with Gasteiger partial charge in [0.2, 0.25) is 0 Å². The summed E-state index contributed by atoms with van der Waals surface area (Å²) in [4.78, 5) is 12.7. The lowest BCUT2D eigenvalue weighted by molar-refractivity contribution is 0.0941. The molecule has 0 radical (unpaired) electrons. The number of hydrogen-bond acceptors (Lipinski definition) is 4. The van der Waals surface area contributed by atoms with E-state index >= 15 is 0 Å². The van der Waals surface area contributed by atoms with Crippen molar-refractivity contribution >= 4 is 21.6 Å². The van der Waals surface area contributed by atoms with Gasteiger partial charge in [-0.3, -0.25) is 9.52 Å². The van der Waals surface area contributed by atoms with E-state index in [2.05, 4.69) is 15.4 Å². The van der Waals surface area contributed by atoms with Crippen LogP contribution in [-0.4, -0.2) is 33.5 Å². The minimum Gasteiger partial charge on any atom is -0.348 e. The molecule has 7 heteroatoms. The monoisotopic (exact) mass is 359 g/mol. The highest BCUT2D eigenvalue weighted by Crippen LogP contribution is 2.20. The van der Waals surface area contributed by atoms with Crippen molar-refractivity contribution in [2.24, 2.45) is 0 Å². The normalized spacial score (nSPS) is 17.2. The van der Waals surface area contributed by atoms with E-state index in [0.29, 0.717) is 5.56 Å². The number of amides is 1. The Bertz CT molecular complexity index is 857. The van der Waals surface area contributed by atoms with Gasteiger partial charge >= 0.3 is 0 Å². The van der Waals surface area contributed by atoms with Gasteiger partial charge in [0.05, 0.1) is 16.1 Å². The number of nitrogens with one attached hydrogen (secondary N) is 3. The Balaban J connectivity index is 1.82. The third-order valence-electron chi connectivity index (χ3n) is 4.14. The van der Waals surface area contributed by atoms with E-state index in [9.17, 15) is 13.2 Å². The number of para-hydroxylation sites is 1. The molecule has 1 unspecified atom stereocenters. The molecule has 0 aromatic heterocycles. The molecule has 132 valence electrons. The molecule has 2 aromatic rings. The summed E-state index contributed by atoms with van der Waals surface area (Å²) < 4.78 is 27.7. The van der Waals surface area contributed by atoms with Crippen molar-refractivity contribution in [1.82, 2.24) is 10.6 Å². The number of hydrogen-bond donors (Lipinski definition) is 3. The SMILES string of the molecule is Cc1ccc(S(=O)(=O)Nc2ccccc2C(=O)NC2CCNC2)cc1. The van der Waals surface area contributed by atoms with E-state index in [4.69, 9.17) is 0 Å². The summed E-state index contributed by atoms with van der Waals surface area (Å²) in [5.41, 5.74) is 1.56. The van der Waals surface area contributed by atoms with Crippen molar-refractivity contribution in [2.45, 2.75) is 24.3 Å². The second kappa shape index (κ2) is 7.25. The maximum atomic E-state index is 12.6. The number of aryl methyl sites for hydroxylation is 1. The van der Waals surface area contributed by atoms with Gasteiger partial charge in [-0.15, -0.1) is 0 Å². The summed E-state index contributed by atoms with van der Waals surface area (Å²) in [5, 5.41) is 6.11. The molecule has 3 N–H and O–H groups in total. The second-order valence-corrected chi connectivity index (χ2v) is 7.81. The van der Waals surface area contributed by atoms with Crippen LogP contribution in [-0.2, 0) is 10.0 Å². The van der Waals surface area contributed by atoms with Gasteiger partial charge in [0, 0.05) is 12.6 Å². The molecule has 1 atom stereocenters. The minimum atomic E-state index is -3.76. The first kappa shape index (κ1) is 17.4. The average molecular weight is 359 g/mol. The van der Waals surface area contributed by atoms with E-state index in [1.807, 2.05) is 6.92 Å². The predicted octanol–water partition coefficient (Wildman–Crippen LogP) is 1.89. The van der Waals surface area contributed by atoms with E-state index in [1.54, 1.807) is 48.5 Å². The van der Waals surface area contributed by atoms with E-state index in [-0.39, 0.29) is 22.5 Å². The molecule has 0 bridgehead atoms. The summed E-state index contributed by atoms with van der Waals surface area (Å²) in [6.45, 7) is 3.48. The van der Waals surface area contributed by atoms with Gasteiger partial charge in [-0.1, -0.05) is 29.8 Å². The van der Waals surface area contributed by atoms with Gasteiger partial charge in [0.25, 0.3) is 15.9 Å². The van der Waals surface area contributed by atoms with Crippen molar-refractivity contribution in [2.75, 3.05) is 17.8 Å². The van der Waals surface area contributed by atoms with Crippen LogP contribution in [0.2, 0.25) is 0 Å². The molecule has 1 aliphatic rings. The topological polar surface area (TPSA) is 87.3 Å². The Morgan fingerprint density at radius 3 is 2.52 bits per heavy atom. The number of anilines is 1. The first-order chi connectivity index (χ1) is 12.0. The van der Waals surface area contributed by atoms with E-state index < -0.39 is 10.0 Å². The number of benzene rings is 2. The zero-order valence-corrected chi connectivity index (χ0v) is 14.8. The maximum Gasteiger partial charge on any atom is 0.261 e. The number of rotatable bonds is 5. The van der Waals surface area contributed by atoms with Crippen LogP contribution < -0.4 is 15.4 Å². The van der Waals surface area contributed by atoms with Crippen LogP contribution in [0.4, 0.5) is 5.69 Å². The first-order valence-corrected chi connectivity index (χ1v) is 9.64. The van der Waals surface area contributed by atoms with Crippen LogP contribution in [0, 0.1) is 6.92 Å². The Kier molecular flexibility index (Phi) is 5.06. The number of carbonyl (C=O) groups excluding carboxylic acids is 1. The Morgan fingerprint density at radius 1 is 1.12 bits per heavy atom.